The van der Waals surface area contributed by atoms with E-state index < -0.39 is 0 Å². The van der Waals surface area contributed by atoms with Gasteiger partial charge < -0.3 is 15.8 Å². The first-order valence-electron chi connectivity index (χ1n) is 6.15. The molecule has 1 amide bonds. The Hall–Kier alpha value is -1.26. The number of carbonyl (C=O) groups excluding carboxylic acids is 1. The average molecular weight is 241 g/mol. The monoisotopic (exact) mass is 241 g/mol. The van der Waals surface area contributed by atoms with E-state index in [0.717, 1.165) is 12.8 Å². The standard InChI is InChI=1S/C12H23N3O2/c1-9(2)8-10(16)15-6-4-12(3,5-7-15)11(13)14-17/h9,17H,4-8H2,1-3H3,(H2,13,14). The van der Waals surface area contributed by atoms with Crippen LogP contribution in [0.15, 0.2) is 5.16 Å². The van der Waals surface area contributed by atoms with Crippen molar-refractivity contribution in [2.75, 3.05) is 13.1 Å². The summed E-state index contributed by atoms with van der Waals surface area (Å²) < 4.78 is 0. The summed E-state index contributed by atoms with van der Waals surface area (Å²) in [5.74, 6) is 0.870. The number of nitrogens with two attached hydrogens (primary N) is 1. The third kappa shape index (κ3) is 3.35. The Morgan fingerprint density at radius 1 is 1.47 bits per heavy atom. The fourth-order valence-corrected chi connectivity index (χ4v) is 2.10. The van der Waals surface area contributed by atoms with E-state index >= 15 is 0 Å². The minimum atomic E-state index is -0.274. The van der Waals surface area contributed by atoms with Gasteiger partial charge in [0.15, 0.2) is 0 Å². The maximum atomic E-state index is 11.9. The van der Waals surface area contributed by atoms with E-state index in [1.54, 1.807) is 0 Å². The van der Waals surface area contributed by atoms with Crippen molar-refractivity contribution in [3.63, 3.8) is 0 Å². The molecule has 1 saturated heterocycles. The van der Waals surface area contributed by atoms with Gasteiger partial charge in [-0.1, -0.05) is 25.9 Å². The molecule has 0 radical (unpaired) electrons. The lowest BCUT2D eigenvalue weighted by atomic mass is 9.79. The lowest BCUT2D eigenvalue weighted by Crippen LogP contribution is -2.47. The van der Waals surface area contributed by atoms with Crippen LogP contribution in [0.25, 0.3) is 0 Å². The normalized spacial score (nSPS) is 20.7. The molecule has 0 saturated carbocycles. The number of piperidine rings is 1. The molecule has 98 valence electrons. The van der Waals surface area contributed by atoms with Gasteiger partial charge >= 0.3 is 0 Å². The lowest BCUT2D eigenvalue weighted by molar-refractivity contribution is -0.133. The number of amides is 1. The summed E-state index contributed by atoms with van der Waals surface area (Å²) >= 11 is 0. The number of nitrogens with zero attached hydrogens (tertiary/aromatic N) is 2. The molecular weight excluding hydrogens is 218 g/mol. The van der Waals surface area contributed by atoms with Gasteiger partial charge in [-0.25, -0.2) is 0 Å². The third-order valence-corrected chi connectivity index (χ3v) is 3.53. The lowest BCUT2D eigenvalue weighted by Gasteiger charge is -2.38. The van der Waals surface area contributed by atoms with Crippen molar-refractivity contribution in [1.29, 1.82) is 0 Å². The summed E-state index contributed by atoms with van der Waals surface area (Å²) in [5, 5.41) is 11.8. The van der Waals surface area contributed by atoms with Crippen LogP contribution in [-0.4, -0.2) is 34.9 Å². The Balaban J connectivity index is 2.54. The molecule has 0 aromatic carbocycles. The summed E-state index contributed by atoms with van der Waals surface area (Å²) in [5.41, 5.74) is 5.41. The van der Waals surface area contributed by atoms with Gasteiger partial charge in [0.25, 0.3) is 0 Å². The van der Waals surface area contributed by atoms with Gasteiger partial charge in [0, 0.05) is 24.9 Å². The highest BCUT2D eigenvalue weighted by molar-refractivity contribution is 5.86. The first-order chi connectivity index (χ1) is 7.89. The van der Waals surface area contributed by atoms with Gasteiger partial charge in [-0.15, -0.1) is 0 Å². The Bertz CT molecular complexity index is 305. The van der Waals surface area contributed by atoms with Crippen molar-refractivity contribution in [3.05, 3.63) is 0 Å². The number of oxime groups is 1. The molecule has 5 heteroatoms. The van der Waals surface area contributed by atoms with Gasteiger partial charge in [0.1, 0.15) is 5.84 Å². The van der Waals surface area contributed by atoms with Crippen molar-refractivity contribution in [3.8, 4) is 0 Å². The Morgan fingerprint density at radius 3 is 2.41 bits per heavy atom. The smallest absolute Gasteiger partial charge is 0.222 e. The van der Waals surface area contributed by atoms with E-state index in [0.29, 0.717) is 25.4 Å². The fourth-order valence-electron chi connectivity index (χ4n) is 2.10. The molecule has 0 aliphatic carbocycles. The SMILES string of the molecule is CC(C)CC(=O)N1CCC(C)(C(N)=NO)CC1. The Morgan fingerprint density at radius 2 is 2.00 bits per heavy atom. The molecule has 5 nitrogen and oxygen atoms in total. The zero-order valence-corrected chi connectivity index (χ0v) is 10.9. The number of carbonyl (C=O) groups is 1. The van der Waals surface area contributed by atoms with Gasteiger partial charge in [0.2, 0.25) is 5.91 Å². The van der Waals surface area contributed by atoms with Crippen LogP contribution in [0.1, 0.15) is 40.0 Å². The van der Waals surface area contributed by atoms with Gasteiger partial charge in [0.05, 0.1) is 0 Å². The van der Waals surface area contributed by atoms with Crippen molar-refractivity contribution in [2.24, 2.45) is 22.2 Å². The minimum absolute atomic E-state index is 0.210. The summed E-state index contributed by atoms with van der Waals surface area (Å²) in [7, 11) is 0. The molecule has 1 aliphatic rings. The Kier molecular flexibility index (Phi) is 4.37. The zero-order chi connectivity index (χ0) is 13.1. The zero-order valence-electron chi connectivity index (χ0n) is 10.9. The minimum Gasteiger partial charge on any atom is -0.409 e. The third-order valence-electron chi connectivity index (χ3n) is 3.53. The van der Waals surface area contributed by atoms with Crippen LogP contribution in [0.4, 0.5) is 0 Å². The van der Waals surface area contributed by atoms with Crippen molar-refractivity contribution < 1.29 is 10.0 Å². The van der Waals surface area contributed by atoms with Crippen LogP contribution < -0.4 is 5.73 Å². The molecule has 1 fully saturated rings. The van der Waals surface area contributed by atoms with E-state index in [4.69, 9.17) is 10.9 Å². The second-order valence-corrected chi connectivity index (χ2v) is 5.52. The first-order valence-corrected chi connectivity index (χ1v) is 6.15. The second-order valence-electron chi connectivity index (χ2n) is 5.52. The maximum Gasteiger partial charge on any atom is 0.222 e. The van der Waals surface area contributed by atoms with E-state index in [-0.39, 0.29) is 17.2 Å². The number of amidine groups is 1. The first kappa shape index (κ1) is 13.8. The van der Waals surface area contributed by atoms with Crippen LogP contribution in [0.3, 0.4) is 0 Å². The fraction of sp³-hybridized carbons (Fsp3) is 0.833. The van der Waals surface area contributed by atoms with Crippen LogP contribution in [-0.2, 0) is 4.79 Å². The predicted molar refractivity (Wildman–Crippen MR) is 66.8 cm³/mol. The average Bonchev–Trinajstić information content (AvgIpc) is 2.27. The largest absolute Gasteiger partial charge is 0.409 e. The number of hydrogen-bond donors (Lipinski definition) is 2. The Labute approximate surface area is 103 Å². The van der Waals surface area contributed by atoms with E-state index in [1.807, 2.05) is 25.7 Å². The molecule has 0 spiro atoms. The molecule has 1 heterocycles. The summed E-state index contributed by atoms with van der Waals surface area (Å²) in [6, 6.07) is 0. The van der Waals surface area contributed by atoms with Crippen molar-refractivity contribution in [2.45, 2.75) is 40.0 Å². The van der Waals surface area contributed by atoms with Crippen molar-refractivity contribution >= 4 is 11.7 Å². The molecule has 1 rings (SSSR count). The maximum absolute atomic E-state index is 11.9. The van der Waals surface area contributed by atoms with Crippen molar-refractivity contribution in [1.82, 2.24) is 4.90 Å². The van der Waals surface area contributed by atoms with Crippen LogP contribution >= 0.6 is 0 Å². The highest BCUT2D eigenvalue weighted by atomic mass is 16.4. The summed E-state index contributed by atoms with van der Waals surface area (Å²) in [6.07, 6.45) is 2.11. The molecule has 3 N–H and O–H groups in total. The molecule has 0 atom stereocenters. The topological polar surface area (TPSA) is 78.9 Å². The molecule has 0 aromatic rings. The van der Waals surface area contributed by atoms with Gasteiger partial charge in [-0.05, 0) is 18.8 Å². The highest BCUT2D eigenvalue weighted by Crippen LogP contribution is 2.31. The van der Waals surface area contributed by atoms with E-state index in [9.17, 15) is 4.79 Å². The van der Waals surface area contributed by atoms with Crippen LogP contribution in [0.5, 0.6) is 0 Å². The van der Waals surface area contributed by atoms with Crippen LogP contribution in [0, 0.1) is 11.3 Å². The highest BCUT2D eigenvalue weighted by Gasteiger charge is 2.35. The number of hydrogen-bond acceptors (Lipinski definition) is 3. The summed E-state index contributed by atoms with van der Waals surface area (Å²) in [6.45, 7) is 7.45. The second kappa shape index (κ2) is 5.38. The van der Waals surface area contributed by atoms with Gasteiger partial charge in [-0.2, -0.15) is 0 Å². The predicted octanol–water partition coefficient (Wildman–Crippen LogP) is 1.41. The van der Waals surface area contributed by atoms with Crippen LogP contribution in [0.2, 0.25) is 0 Å². The molecule has 0 bridgehead atoms. The quantitative estimate of drug-likeness (QED) is 0.339. The molecular formula is C12H23N3O2. The number of likely N-dealkylation sites (tertiary alicyclic amines) is 1. The summed E-state index contributed by atoms with van der Waals surface area (Å²) in [4.78, 5) is 13.8. The molecule has 17 heavy (non-hydrogen) atoms. The molecule has 1 aliphatic heterocycles. The molecule has 0 aromatic heterocycles. The van der Waals surface area contributed by atoms with Gasteiger partial charge in [-0.3, -0.25) is 4.79 Å². The van der Waals surface area contributed by atoms with E-state index in [1.165, 1.54) is 0 Å². The molecule has 0 unspecified atom stereocenters. The number of rotatable bonds is 3. The van der Waals surface area contributed by atoms with E-state index in [2.05, 4.69) is 5.16 Å².